The highest BCUT2D eigenvalue weighted by Gasteiger charge is 2.19. The summed E-state index contributed by atoms with van der Waals surface area (Å²) in [7, 11) is 0. The topological polar surface area (TPSA) is 81.4 Å². The second-order valence-electron chi connectivity index (χ2n) is 5.48. The van der Waals surface area contributed by atoms with Crippen LogP contribution in [-0.4, -0.2) is 33.0 Å². The molecule has 0 unspecified atom stereocenters. The summed E-state index contributed by atoms with van der Waals surface area (Å²) in [5.74, 6) is -0.827. The molecular weight excluding hydrogens is 340 g/mol. The Balaban J connectivity index is 1.73. The fourth-order valence-electron chi connectivity index (χ4n) is 2.56. The average Bonchev–Trinajstić information content (AvgIpc) is 3.21. The number of nitrogens with zero attached hydrogens (tertiary/aromatic N) is 2. The van der Waals surface area contributed by atoms with Crippen molar-refractivity contribution in [3.05, 3.63) is 64.4 Å². The fraction of sp³-hybridized carbons (Fsp3) is 0.167. The van der Waals surface area contributed by atoms with Gasteiger partial charge in [0.1, 0.15) is 5.75 Å². The van der Waals surface area contributed by atoms with E-state index in [1.165, 1.54) is 35.6 Å². The molecular formula is C18H16N2O4S. The summed E-state index contributed by atoms with van der Waals surface area (Å²) >= 11 is 1.48. The third-order valence-electron chi connectivity index (χ3n) is 3.78. The molecule has 0 fully saturated rings. The van der Waals surface area contributed by atoms with Gasteiger partial charge >= 0.3 is 5.97 Å². The number of aryl methyl sites for hydroxylation is 1. The average molecular weight is 356 g/mol. The minimum absolute atomic E-state index is 0.0576. The summed E-state index contributed by atoms with van der Waals surface area (Å²) in [4.78, 5) is 28.7. The number of carbonyl (C=O) groups excluding carboxylic acids is 2. The molecule has 7 heteroatoms. The highest BCUT2D eigenvalue weighted by atomic mass is 32.1. The SMILES string of the molecule is Cc1cc(C(=O)COC(=O)c2ccc(O)cc2)c(C)n1-c1nccs1. The van der Waals surface area contributed by atoms with Gasteiger partial charge in [0, 0.05) is 28.5 Å². The van der Waals surface area contributed by atoms with Crippen LogP contribution in [0.2, 0.25) is 0 Å². The number of phenols is 1. The van der Waals surface area contributed by atoms with Gasteiger partial charge in [-0.05, 0) is 44.2 Å². The molecule has 2 heterocycles. The molecule has 128 valence electrons. The molecule has 2 aromatic heterocycles. The molecule has 3 aromatic rings. The van der Waals surface area contributed by atoms with Gasteiger partial charge in [0.15, 0.2) is 11.7 Å². The van der Waals surface area contributed by atoms with Crippen LogP contribution in [0.15, 0.2) is 41.9 Å². The van der Waals surface area contributed by atoms with E-state index in [0.29, 0.717) is 5.56 Å². The van der Waals surface area contributed by atoms with E-state index >= 15 is 0 Å². The number of aromatic nitrogens is 2. The largest absolute Gasteiger partial charge is 0.508 e. The number of aromatic hydroxyl groups is 1. The third-order valence-corrected chi connectivity index (χ3v) is 4.54. The summed E-state index contributed by atoms with van der Waals surface area (Å²) < 4.78 is 6.99. The van der Waals surface area contributed by atoms with E-state index in [0.717, 1.165) is 16.5 Å². The number of ketones is 1. The molecule has 0 aliphatic heterocycles. The number of rotatable bonds is 5. The van der Waals surface area contributed by atoms with E-state index in [9.17, 15) is 14.7 Å². The van der Waals surface area contributed by atoms with Crippen LogP contribution in [0.25, 0.3) is 5.13 Å². The standard InChI is InChI=1S/C18H16N2O4S/c1-11-9-15(12(2)20(11)18-19-7-8-25-18)16(22)10-24-17(23)13-3-5-14(21)6-4-13/h3-9,21H,10H2,1-2H3. The molecule has 0 aliphatic carbocycles. The number of hydrogen-bond donors (Lipinski definition) is 1. The van der Waals surface area contributed by atoms with Crippen molar-refractivity contribution in [3.63, 3.8) is 0 Å². The van der Waals surface area contributed by atoms with E-state index in [1.807, 2.05) is 23.8 Å². The summed E-state index contributed by atoms with van der Waals surface area (Å²) in [6, 6.07) is 7.43. The number of benzene rings is 1. The molecule has 0 saturated heterocycles. The Morgan fingerprint density at radius 3 is 2.60 bits per heavy atom. The smallest absolute Gasteiger partial charge is 0.338 e. The van der Waals surface area contributed by atoms with Crippen LogP contribution in [-0.2, 0) is 4.74 Å². The molecule has 0 atom stereocenters. The van der Waals surface area contributed by atoms with Crippen molar-refractivity contribution in [1.29, 1.82) is 0 Å². The minimum Gasteiger partial charge on any atom is -0.508 e. The monoisotopic (exact) mass is 356 g/mol. The Hall–Kier alpha value is -2.93. The normalized spacial score (nSPS) is 10.6. The van der Waals surface area contributed by atoms with Crippen molar-refractivity contribution in [2.75, 3.05) is 6.61 Å². The molecule has 25 heavy (non-hydrogen) atoms. The van der Waals surface area contributed by atoms with Gasteiger partial charge in [-0.15, -0.1) is 11.3 Å². The van der Waals surface area contributed by atoms with Gasteiger partial charge in [0.25, 0.3) is 0 Å². The Labute approximate surface area is 148 Å². The highest BCUT2D eigenvalue weighted by molar-refractivity contribution is 7.12. The van der Waals surface area contributed by atoms with Crippen LogP contribution in [0.4, 0.5) is 0 Å². The first-order valence-corrected chi connectivity index (χ1v) is 8.43. The van der Waals surface area contributed by atoms with Crippen molar-refractivity contribution in [1.82, 2.24) is 9.55 Å². The first kappa shape index (κ1) is 16.9. The van der Waals surface area contributed by atoms with Crippen LogP contribution in [0.5, 0.6) is 5.75 Å². The Bertz CT molecular complexity index is 911. The van der Waals surface area contributed by atoms with Crippen molar-refractivity contribution in [2.45, 2.75) is 13.8 Å². The lowest BCUT2D eigenvalue weighted by Gasteiger charge is -2.06. The molecule has 0 bridgehead atoms. The van der Waals surface area contributed by atoms with Gasteiger partial charge in [0.05, 0.1) is 5.56 Å². The van der Waals surface area contributed by atoms with Gasteiger partial charge in [-0.2, -0.15) is 0 Å². The van der Waals surface area contributed by atoms with Gasteiger partial charge in [-0.3, -0.25) is 9.36 Å². The number of ether oxygens (including phenoxy) is 1. The molecule has 1 aromatic carbocycles. The van der Waals surface area contributed by atoms with Crippen LogP contribution < -0.4 is 0 Å². The second-order valence-corrected chi connectivity index (χ2v) is 6.35. The van der Waals surface area contributed by atoms with E-state index in [2.05, 4.69) is 4.98 Å². The molecule has 0 amide bonds. The van der Waals surface area contributed by atoms with Gasteiger partial charge in [0.2, 0.25) is 5.78 Å². The Morgan fingerprint density at radius 1 is 1.24 bits per heavy atom. The molecule has 1 N–H and O–H groups in total. The summed E-state index contributed by atoms with van der Waals surface area (Å²) in [5, 5.41) is 11.9. The van der Waals surface area contributed by atoms with Gasteiger partial charge < -0.3 is 9.84 Å². The van der Waals surface area contributed by atoms with Crippen LogP contribution in [0.3, 0.4) is 0 Å². The lowest BCUT2D eigenvalue weighted by molar-refractivity contribution is 0.0474. The van der Waals surface area contributed by atoms with Crippen LogP contribution >= 0.6 is 11.3 Å². The fourth-order valence-corrected chi connectivity index (χ4v) is 3.31. The molecule has 6 nitrogen and oxygen atoms in total. The third kappa shape index (κ3) is 3.46. The Morgan fingerprint density at radius 2 is 1.96 bits per heavy atom. The number of Topliss-reactive ketones (excluding diaryl/α,β-unsaturated/α-hetero) is 1. The highest BCUT2D eigenvalue weighted by Crippen LogP contribution is 2.22. The quantitative estimate of drug-likeness (QED) is 0.560. The first-order chi connectivity index (χ1) is 12.0. The molecule has 0 radical (unpaired) electrons. The lowest BCUT2D eigenvalue weighted by Crippen LogP contribution is -2.15. The zero-order chi connectivity index (χ0) is 18.0. The Kier molecular flexibility index (Phi) is 4.67. The lowest BCUT2D eigenvalue weighted by atomic mass is 10.1. The van der Waals surface area contributed by atoms with Gasteiger partial charge in [-0.1, -0.05) is 0 Å². The second kappa shape index (κ2) is 6.90. The van der Waals surface area contributed by atoms with E-state index in [4.69, 9.17) is 4.74 Å². The zero-order valence-corrected chi connectivity index (χ0v) is 14.5. The van der Waals surface area contributed by atoms with Crippen molar-refractivity contribution in [2.24, 2.45) is 0 Å². The maximum atomic E-state index is 12.4. The van der Waals surface area contributed by atoms with E-state index in [-0.39, 0.29) is 23.7 Å². The molecule has 3 rings (SSSR count). The number of hydrogen-bond acceptors (Lipinski definition) is 6. The van der Waals surface area contributed by atoms with E-state index in [1.54, 1.807) is 12.3 Å². The van der Waals surface area contributed by atoms with E-state index < -0.39 is 5.97 Å². The van der Waals surface area contributed by atoms with Crippen LogP contribution in [0.1, 0.15) is 32.1 Å². The summed E-state index contributed by atoms with van der Waals surface area (Å²) in [5.41, 5.74) is 2.43. The first-order valence-electron chi connectivity index (χ1n) is 7.55. The molecule has 0 saturated carbocycles. The predicted octanol–water partition coefficient (Wildman–Crippen LogP) is 3.30. The molecule has 0 aliphatic rings. The number of phenolic OH excluding ortho intramolecular Hbond substituents is 1. The summed E-state index contributed by atoms with van der Waals surface area (Å²) in [6.07, 6.45) is 1.71. The predicted molar refractivity (Wildman–Crippen MR) is 93.6 cm³/mol. The number of carbonyl (C=O) groups is 2. The maximum Gasteiger partial charge on any atom is 0.338 e. The summed E-state index contributed by atoms with van der Waals surface area (Å²) in [6.45, 7) is 3.39. The van der Waals surface area contributed by atoms with Gasteiger partial charge in [-0.25, -0.2) is 9.78 Å². The maximum absolute atomic E-state index is 12.4. The van der Waals surface area contributed by atoms with Crippen molar-refractivity contribution >= 4 is 23.1 Å². The van der Waals surface area contributed by atoms with Crippen molar-refractivity contribution in [3.8, 4) is 10.9 Å². The zero-order valence-electron chi connectivity index (χ0n) is 13.7. The number of thiazole rings is 1. The molecule has 0 spiro atoms. The van der Waals surface area contributed by atoms with Crippen molar-refractivity contribution < 1.29 is 19.4 Å². The van der Waals surface area contributed by atoms with Crippen LogP contribution in [0, 0.1) is 13.8 Å². The number of esters is 1. The minimum atomic E-state index is -0.609.